The molecule has 1 aliphatic rings. The van der Waals surface area contributed by atoms with Crippen LogP contribution in [0.15, 0.2) is 0 Å². The summed E-state index contributed by atoms with van der Waals surface area (Å²) in [5, 5.41) is 34.0. The molecule has 2 heterocycles. The van der Waals surface area contributed by atoms with Gasteiger partial charge in [-0.2, -0.15) is 5.10 Å². The number of amides is 1. The van der Waals surface area contributed by atoms with Crippen molar-refractivity contribution < 1.29 is 24.9 Å². The smallest absolute Gasteiger partial charge is 0.286 e. The third-order valence-electron chi connectivity index (χ3n) is 2.53. The lowest BCUT2D eigenvalue weighted by Crippen LogP contribution is -2.32. The minimum Gasteiger partial charge on any atom is -0.394 e. The molecular formula is C8H12N4O5. The predicted octanol–water partition coefficient (Wildman–Crippen LogP) is -2.94. The Morgan fingerprint density at radius 1 is 1.47 bits per heavy atom. The highest BCUT2D eigenvalue weighted by Crippen LogP contribution is 2.31. The fraction of sp³-hybridized carbons (Fsp3) is 0.625. The topological polar surface area (TPSA) is 155 Å². The lowest BCUT2D eigenvalue weighted by atomic mass is 10.1. The molecule has 1 aliphatic heterocycles. The first-order chi connectivity index (χ1) is 8.04. The maximum Gasteiger partial charge on any atom is 0.286 e. The van der Waals surface area contributed by atoms with Crippen molar-refractivity contribution in [2.75, 3.05) is 6.61 Å². The number of aromatic nitrogens is 3. The number of carbonyl (C=O) groups excluding carboxylic acids is 1. The number of nitrogens with two attached hydrogens (primary N) is 1. The molecule has 0 bridgehead atoms. The van der Waals surface area contributed by atoms with Crippen LogP contribution in [-0.4, -0.2) is 61.3 Å². The zero-order valence-electron chi connectivity index (χ0n) is 8.65. The average molecular weight is 244 g/mol. The Kier molecular flexibility index (Phi) is 3.07. The van der Waals surface area contributed by atoms with Crippen LogP contribution in [0.4, 0.5) is 0 Å². The summed E-state index contributed by atoms with van der Waals surface area (Å²) in [6.07, 6.45) is -4.43. The molecule has 17 heavy (non-hydrogen) atoms. The van der Waals surface area contributed by atoms with Crippen LogP contribution in [0.1, 0.15) is 22.5 Å². The maximum atomic E-state index is 10.8. The Balaban J connectivity index is 2.19. The molecule has 9 nitrogen and oxygen atoms in total. The Hall–Kier alpha value is -1.55. The van der Waals surface area contributed by atoms with E-state index in [0.29, 0.717) is 0 Å². The minimum absolute atomic E-state index is 0.00120. The molecule has 0 aromatic carbocycles. The first kappa shape index (κ1) is 11.9. The number of ether oxygens (including phenoxy) is 1. The zero-order chi connectivity index (χ0) is 12.6. The SMILES string of the molecule is NC(=O)c1nc([C@H]2O[C@@H](CO)[C@H](O)[C@@H]2O)n[nH]1. The molecule has 1 aromatic heterocycles. The Bertz CT molecular complexity index is 422. The van der Waals surface area contributed by atoms with Crippen molar-refractivity contribution in [3.63, 3.8) is 0 Å². The number of aliphatic hydroxyl groups excluding tert-OH is 3. The van der Waals surface area contributed by atoms with Gasteiger partial charge in [0.05, 0.1) is 6.61 Å². The highest BCUT2D eigenvalue weighted by molar-refractivity contribution is 5.88. The Labute approximate surface area is 95.2 Å². The number of hydrogen-bond acceptors (Lipinski definition) is 7. The van der Waals surface area contributed by atoms with E-state index in [0.717, 1.165) is 0 Å². The highest BCUT2D eigenvalue weighted by atomic mass is 16.6. The number of carbonyl (C=O) groups is 1. The maximum absolute atomic E-state index is 10.8. The van der Waals surface area contributed by atoms with Gasteiger partial charge in [-0.25, -0.2) is 4.98 Å². The molecule has 1 fully saturated rings. The van der Waals surface area contributed by atoms with Gasteiger partial charge in [0.1, 0.15) is 24.4 Å². The number of rotatable bonds is 3. The van der Waals surface area contributed by atoms with Gasteiger partial charge in [-0.15, -0.1) is 0 Å². The summed E-state index contributed by atoms with van der Waals surface area (Å²) in [7, 11) is 0. The first-order valence-electron chi connectivity index (χ1n) is 4.89. The number of H-pyrrole nitrogens is 1. The summed E-state index contributed by atoms with van der Waals surface area (Å²) in [5.74, 6) is -0.963. The van der Waals surface area contributed by atoms with E-state index in [9.17, 15) is 15.0 Å². The van der Waals surface area contributed by atoms with E-state index in [1.54, 1.807) is 0 Å². The van der Waals surface area contributed by atoms with Gasteiger partial charge in [0, 0.05) is 0 Å². The van der Waals surface area contributed by atoms with Crippen molar-refractivity contribution in [2.24, 2.45) is 5.73 Å². The van der Waals surface area contributed by atoms with Crippen LogP contribution in [0.2, 0.25) is 0 Å². The number of aromatic amines is 1. The van der Waals surface area contributed by atoms with E-state index < -0.39 is 36.9 Å². The van der Waals surface area contributed by atoms with Crippen LogP contribution >= 0.6 is 0 Å². The van der Waals surface area contributed by atoms with Crippen LogP contribution in [-0.2, 0) is 4.74 Å². The highest BCUT2D eigenvalue weighted by Gasteiger charge is 2.45. The number of aliphatic hydroxyl groups is 3. The largest absolute Gasteiger partial charge is 0.394 e. The van der Waals surface area contributed by atoms with Crippen molar-refractivity contribution in [2.45, 2.75) is 24.4 Å². The van der Waals surface area contributed by atoms with E-state index in [1.807, 2.05) is 0 Å². The van der Waals surface area contributed by atoms with Crippen LogP contribution < -0.4 is 5.73 Å². The normalized spacial score (nSPS) is 32.9. The molecule has 1 aromatic rings. The zero-order valence-corrected chi connectivity index (χ0v) is 8.65. The summed E-state index contributed by atoms with van der Waals surface area (Å²) in [6.45, 7) is -0.443. The van der Waals surface area contributed by atoms with Gasteiger partial charge in [0.15, 0.2) is 5.82 Å². The van der Waals surface area contributed by atoms with Gasteiger partial charge in [-0.3, -0.25) is 9.89 Å². The van der Waals surface area contributed by atoms with Crippen LogP contribution in [0, 0.1) is 0 Å². The lowest BCUT2D eigenvalue weighted by molar-refractivity contribution is -0.0252. The second-order valence-electron chi connectivity index (χ2n) is 3.67. The predicted molar refractivity (Wildman–Crippen MR) is 51.6 cm³/mol. The molecule has 0 radical (unpaired) electrons. The first-order valence-corrected chi connectivity index (χ1v) is 4.89. The molecule has 0 unspecified atom stereocenters. The van der Waals surface area contributed by atoms with Gasteiger partial charge in [0.25, 0.3) is 5.91 Å². The van der Waals surface area contributed by atoms with E-state index in [1.165, 1.54) is 0 Å². The molecule has 94 valence electrons. The molecule has 2 rings (SSSR count). The summed E-state index contributed by atoms with van der Waals surface area (Å²) >= 11 is 0. The van der Waals surface area contributed by atoms with Crippen molar-refractivity contribution in [1.29, 1.82) is 0 Å². The van der Waals surface area contributed by atoms with Gasteiger partial charge in [-0.05, 0) is 0 Å². The summed E-state index contributed by atoms with van der Waals surface area (Å²) in [4.78, 5) is 14.5. The van der Waals surface area contributed by atoms with Crippen LogP contribution in [0.25, 0.3) is 0 Å². The van der Waals surface area contributed by atoms with E-state index in [-0.39, 0.29) is 11.6 Å². The quantitative estimate of drug-likeness (QED) is 0.381. The second-order valence-corrected chi connectivity index (χ2v) is 3.67. The molecule has 0 saturated carbocycles. The van der Waals surface area contributed by atoms with Crippen LogP contribution in [0.3, 0.4) is 0 Å². The van der Waals surface area contributed by atoms with Crippen molar-refractivity contribution in [1.82, 2.24) is 15.2 Å². The molecule has 0 spiro atoms. The molecule has 0 aliphatic carbocycles. The number of primary amides is 1. The third-order valence-corrected chi connectivity index (χ3v) is 2.53. The van der Waals surface area contributed by atoms with Crippen LogP contribution in [0.5, 0.6) is 0 Å². The van der Waals surface area contributed by atoms with E-state index in [2.05, 4.69) is 15.2 Å². The van der Waals surface area contributed by atoms with E-state index >= 15 is 0 Å². The third kappa shape index (κ3) is 2.00. The van der Waals surface area contributed by atoms with Gasteiger partial charge < -0.3 is 25.8 Å². The fourth-order valence-corrected chi connectivity index (χ4v) is 1.63. The molecule has 1 amide bonds. The number of hydrogen-bond donors (Lipinski definition) is 5. The van der Waals surface area contributed by atoms with Gasteiger partial charge >= 0.3 is 0 Å². The van der Waals surface area contributed by atoms with Crippen molar-refractivity contribution >= 4 is 5.91 Å². The summed E-state index contributed by atoms with van der Waals surface area (Å²) in [6, 6.07) is 0. The lowest BCUT2D eigenvalue weighted by Gasteiger charge is -2.10. The fourth-order valence-electron chi connectivity index (χ4n) is 1.63. The summed E-state index contributed by atoms with van der Waals surface area (Å²) < 4.78 is 5.17. The molecule has 9 heteroatoms. The Morgan fingerprint density at radius 3 is 2.65 bits per heavy atom. The number of nitrogens with zero attached hydrogens (tertiary/aromatic N) is 2. The van der Waals surface area contributed by atoms with Crippen molar-refractivity contribution in [3.8, 4) is 0 Å². The molecule has 1 saturated heterocycles. The Morgan fingerprint density at radius 2 is 2.18 bits per heavy atom. The molecular weight excluding hydrogens is 232 g/mol. The summed E-state index contributed by atoms with van der Waals surface area (Å²) in [5.41, 5.74) is 4.98. The van der Waals surface area contributed by atoms with Gasteiger partial charge in [-0.1, -0.05) is 0 Å². The van der Waals surface area contributed by atoms with Gasteiger partial charge in [0.2, 0.25) is 5.82 Å². The molecule has 6 N–H and O–H groups in total. The average Bonchev–Trinajstić information content (AvgIpc) is 2.87. The van der Waals surface area contributed by atoms with E-state index in [4.69, 9.17) is 15.6 Å². The standard InChI is InChI=1S/C8H12N4O5/c9-6(16)8-10-7(11-12-8)5-4(15)3(14)2(1-13)17-5/h2-5,13-15H,1H2,(H2,9,16)(H,10,11,12)/t2-,3-,4-,5-/m0/s1. The number of nitrogens with one attached hydrogen (secondary N) is 1. The monoisotopic (exact) mass is 244 g/mol. The minimum atomic E-state index is -1.27. The van der Waals surface area contributed by atoms with Crippen molar-refractivity contribution in [3.05, 3.63) is 11.6 Å². The second kappa shape index (κ2) is 4.37. The molecule has 4 atom stereocenters.